The van der Waals surface area contributed by atoms with Gasteiger partial charge in [-0.15, -0.1) is 0 Å². The molecule has 0 aliphatic rings. The second-order valence-electron chi connectivity index (χ2n) is 4.83. The van der Waals surface area contributed by atoms with Crippen molar-refractivity contribution in [1.82, 2.24) is 5.32 Å². The second kappa shape index (κ2) is 15.9. The lowest BCUT2D eigenvalue weighted by Crippen LogP contribution is -2.29. The van der Waals surface area contributed by atoms with Gasteiger partial charge < -0.3 is 19.5 Å². The van der Waals surface area contributed by atoms with E-state index in [1.807, 2.05) is 0 Å². The molecule has 4 nitrogen and oxygen atoms in total. The first-order valence-electron chi connectivity index (χ1n) is 7.77. The number of rotatable bonds is 15. The Hall–Kier alpha value is -0.160. The van der Waals surface area contributed by atoms with Gasteiger partial charge in [0.25, 0.3) is 0 Å². The van der Waals surface area contributed by atoms with E-state index in [0.29, 0.717) is 32.5 Å². The Kier molecular flexibility index (Phi) is 15.8. The molecule has 0 rings (SSSR count). The van der Waals surface area contributed by atoms with Gasteiger partial charge in [0.1, 0.15) is 0 Å². The van der Waals surface area contributed by atoms with Crippen molar-refractivity contribution >= 4 is 0 Å². The summed E-state index contributed by atoms with van der Waals surface area (Å²) in [6, 6.07) is 0.588. The molecule has 1 N–H and O–H groups in total. The molecule has 0 aliphatic carbocycles. The van der Waals surface area contributed by atoms with Gasteiger partial charge in [-0.1, -0.05) is 26.7 Å². The molecule has 0 saturated heterocycles. The van der Waals surface area contributed by atoms with Gasteiger partial charge in [-0.3, -0.25) is 0 Å². The van der Waals surface area contributed by atoms with E-state index in [9.17, 15) is 0 Å². The topological polar surface area (TPSA) is 39.7 Å². The van der Waals surface area contributed by atoms with Crippen molar-refractivity contribution in [2.45, 2.75) is 52.5 Å². The van der Waals surface area contributed by atoms with Crippen LogP contribution in [0.15, 0.2) is 0 Å². The standard InChI is InChI=1S/C15H33NO3/c1-4-6-9-17-11-13-19-14-12-18-10-8-16-15(3)7-5-2/h15-16H,4-14H2,1-3H3. The highest BCUT2D eigenvalue weighted by atomic mass is 16.5. The van der Waals surface area contributed by atoms with Crippen LogP contribution in [0.3, 0.4) is 0 Å². The van der Waals surface area contributed by atoms with Crippen LogP contribution in [-0.4, -0.2) is 52.2 Å². The fourth-order valence-corrected chi connectivity index (χ4v) is 1.70. The van der Waals surface area contributed by atoms with E-state index in [1.165, 1.54) is 19.3 Å². The molecule has 0 heterocycles. The lowest BCUT2D eigenvalue weighted by Gasteiger charge is -2.12. The van der Waals surface area contributed by atoms with Crippen molar-refractivity contribution in [3.8, 4) is 0 Å². The highest BCUT2D eigenvalue weighted by Crippen LogP contribution is 1.93. The summed E-state index contributed by atoms with van der Waals surface area (Å²) < 4.78 is 16.3. The normalized spacial score (nSPS) is 12.8. The van der Waals surface area contributed by atoms with Gasteiger partial charge in [-0.05, 0) is 19.8 Å². The Morgan fingerprint density at radius 1 is 0.789 bits per heavy atom. The summed E-state index contributed by atoms with van der Waals surface area (Å²) >= 11 is 0. The Morgan fingerprint density at radius 2 is 1.37 bits per heavy atom. The maximum atomic E-state index is 5.48. The molecule has 0 aromatic heterocycles. The molecule has 0 bridgehead atoms. The summed E-state index contributed by atoms with van der Waals surface area (Å²) in [7, 11) is 0. The van der Waals surface area contributed by atoms with Gasteiger partial charge in [0.15, 0.2) is 0 Å². The zero-order chi connectivity index (χ0) is 14.2. The van der Waals surface area contributed by atoms with Crippen molar-refractivity contribution in [3.05, 3.63) is 0 Å². The summed E-state index contributed by atoms with van der Waals surface area (Å²) in [4.78, 5) is 0. The van der Waals surface area contributed by atoms with Crippen LogP contribution in [0.25, 0.3) is 0 Å². The Morgan fingerprint density at radius 3 is 1.95 bits per heavy atom. The third kappa shape index (κ3) is 15.8. The van der Waals surface area contributed by atoms with Gasteiger partial charge >= 0.3 is 0 Å². The number of hydrogen-bond donors (Lipinski definition) is 1. The van der Waals surface area contributed by atoms with Gasteiger partial charge in [0.05, 0.1) is 33.0 Å². The van der Waals surface area contributed by atoms with E-state index >= 15 is 0 Å². The van der Waals surface area contributed by atoms with Crippen LogP contribution in [0.5, 0.6) is 0 Å². The summed E-state index contributed by atoms with van der Waals surface area (Å²) in [5.74, 6) is 0. The summed E-state index contributed by atoms with van der Waals surface area (Å²) in [5.41, 5.74) is 0. The van der Waals surface area contributed by atoms with Crippen LogP contribution in [-0.2, 0) is 14.2 Å². The molecule has 0 amide bonds. The summed E-state index contributed by atoms with van der Waals surface area (Å²) in [5, 5.41) is 3.43. The first kappa shape index (κ1) is 18.8. The van der Waals surface area contributed by atoms with Crippen molar-refractivity contribution in [1.29, 1.82) is 0 Å². The SMILES string of the molecule is CCCCOCCOCCOCCNC(C)CCC. The minimum absolute atomic E-state index is 0.588. The van der Waals surface area contributed by atoms with Crippen molar-refractivity contribution in [3.63, 3.8) is 0 Å². The Labute approximate surface area is 119 Å². The highest BCUT2D eigenvalue weighted by Gasteiger charge is 1.98. The van der Waals surface area contributed by atoms with Crippen LogP contribution in [0.4, 0.5) is 0 Å². The van der Waals surface area contributed by atoms with E-state index in [-0.39, 0.29) is 0 Å². The van der Waals surface area contributed by atoms with Crippen LogP contribution in [0, 0.1) is 0 Å². The molecular weight excluding hydrogens is 242 g/mol. The smallest absolute Gasteiger partial charge is 0.0701 e. The molecule has 116 valence electrons. The lowest BCUT2D eigenvalue weighted by atomic mass is 10.2. The number of nitrogens with one attached hydrogen (secondary N) is 1. The number of hydrogen-bond acceptors (Lipinski definition) is 4. The molecule has 0 radical (unpaired) electrons. The van der Waals surface area contributed by atoms with Crippen molar-refractivity contribution < 1.29 is 14.2 Å². The molecule has 0 spiro atoms. The minimum Gasteiger partial charge on any atom is -0.379 e. The number of ether oxygens (including phenoxy) is 3. The van der Waals surface area contributed by atoms with Crippen LogP contribution in [0.2, 0.25) is 0 Å². The minimum atomic E-state index is 0.588. The molecule has 0 fully saturated rings. The maximum Gasteiger partial charge on any atom is 0.0701 e. The highest BCUT2D eigenvalue weighted by molar-refractivity contribution is 4.58. The Bertz CT molecular complexity index is 167. The monoisotopic (exact) mass is 275 g/mol. The summed E-state index contributed by atoms with van der Waals surface area (Å²) in [6.45, 7) is 11.8. The zero-order valence-corrected chi connectivity index (χ0v) is 13.1. The van der Waals surface area contributed by atoms with E-state index < -0.39 is 0 Å². The molecule has 4 heteroatoms. The van der Waals surface area contributed by atoms with E-state index in [2.05, 4.69) is 26.1 Å². The van der Waals surface area contributed by atoms with Gasteiger partial charge in [-0.25, -0.2) is 0 Å². The Balaban J connectivity index is 2.99. The van der Waals surface area contributed by atoms with Gasteiger partial charge in [0, 0.05) is 19.2 Å². The van der Waals surface area contributed by atoms with Gasteiger partial charge in [-0.2, -0.15) is 0 Å². The van der Waals surface area contributed by atoms with Crippen LogP contribution in [0.1, 0.15) is 46.5 Å². The van der Waals surface area contributed by atoms with Gasteiger partial charge in [0.2, 0.25) is 0 Å². The first-order valence-corrected chi connectivity index (χ1v) is 7.77. The molecule has 1 unspecified atom stereocenters. The molecule has 0 aromatic rings. The van der Waals surface area contributed by atoms with E-state index in [1.54, 1.807) is 0 Å². The molecule has 0 aromatic carbocycles. The summed E-state index contributed by atoms with van der Waals surface area (Å²) in [6.07, 6.45) is 4.76. The first-order chi connectivity index (χ1) is 9.31. The predicted molar refractivity (Wildman–Crippen MR) is 79.7 cm³/mol. The van der Waals surface area contributed by atoms with Crippen molar-refractivity contribution in [2.75, 3.05) is 46.2 Å². The van der Waals surface area contributed by atoms with E-state index in [0.717, 1.165) is 26.2 Å². The third-order valence-electron chi connectivity index (χ3n) is 2.85. The molecule has 0 aliphatic heterocycles. The fourth-order valence-electron chi connectivity index (χ4n) is 1.70. The predicted octanol–water partition coefficient (Wildman–Crippen LogP) is 2.61. The average molecular weight is 275 g/mol. The largest absolute Gasteiger partial charge is 0.379 e. The molecular formula is C15H33NO3. The van der Waals surface area contributed by atoms with Crippen molar-refractivity contribution in [2.24, 2.45) is 0 Å². The fraction of sp³-hybridized carbons (Fsp3) is 1.00. The van der Waals surface area contributed by atoms with Crippen LogP contribution >= 0.6 is 0 Å². The molecule has 0 saturated carbocycles. The maximum absolute atomic E-state index is 5.48. The average Bonchev–Trinajstić information content (AvgIpc) is 2.40. The van der Waals surface area contributed by atoms with Crippen LogP contribution < -0.4 is 5.32 Å². The molecule has 1 atom stereocenters. The second-order valence-corrected chi connectivity index (χ2v) is 4.83. The number of unbranched alkanes of at least 4 members (excludes halogenated alkanes) is 1. The lowest BCUT2D eigenvalue weighted by molar-refractivity contribution is 0.0144. The quantitative estimate of drug-likeness (QED) is 0.466. The zero-order valence-electron chi connectivity index (χ0n) is 13.1. The molecule has 19 heavy (non-hydrogen) atoms. The third-order valence-corrected chi connectivity index (χ3v) is 2.85. The van der Waals surface area contributed by atoms with E-state index in [4.69, 9.17) is 14.2 Å².